The van der Waals surface area contributed by atoms with E-state index in [0.29, 0.717) is 11.3 Å². The van der Waals surface area contributed by atoms with Crippen molar-refractivity contribution >= 4 is 41.5 Å². The summed E-state index contributed by atoms with van der Waals surface area (Å²) in [7, 11) is 11.6. The van der Waals surface area contributed by atoms with Gasteiger partial charge >= 0.3 is 150 Å². The molecule has 0 N–H and O–H groups in total. The van der Waals surface area contributed by atoms with Crippen molar-refractivity contribution in [3.8, 4) is 5.75 Å². The van der Waals surface area contributed by atoms with Crippen molar-refractivity contribution in [2.24, 2.45) is 0 Å². The number of nitrogens with zero attached hydrogens (tertiary/aromatic N) is 1. The first-order valence-corrected chi connectivity index (χ1v) is 12.0. The molecule has 0 aromatic heterocycles. The zero-order valence-corrected chi connectivity index (χ0v) is 16.1. The number of benzene rings is 1. The first-order chi connectivity index (χ1) is 10.9. The van der Waals surface area contributed by atoms with Gasteiger partial charge in [0, 0.05) is 0 Å². The van der Waals surface area contributed by atoms with Crippen molar-refractivity contribution in [2.45, 2.75) is 33.1 Å². The molecule has 0 radical (unpaired) electrons. The molecule has 0 aliphatic heterocycles. The summed E-state index contributed by atoms with van der Waals surface area (Å²) < 4.78 is 45.1. The molecule has 136 valence electrons. The van der Waals surface area contributed by atoms with Crippen LogP contribution in [0.5, 0.6) is 5.75 Å². The van der Waals surface area contributed by atoms with Crippen LogP contribution in [0.3, 0.4) is 0 Å². The van der Waals surface area contributed by atoms with Crippen molar-refractivity contribution < 1.29 is 41.0 Å². The number of anilines is 1. The zero-order chi connectivity index (χ0) is 18.7. The van der Waals surface area contributed by atoms with Crippen molar-refractivity contribution in [1.82, 2.24) is 0 Å². The molecule has 0 unspecified atom stereocenters. The van der Waals surface area contributed by atoms with E-state index in [1.54, 1.807) is 13.8 Å². The van der Waals surface area contributed by atoms with E-state index >= 15 is 0 Å². The summed E-state index contributed by atoms with van der Waals surface area (Å²) in [5.74, 6) is -2.99. The number of ether oxygens (including phenoxy) is 1. The maximum absolute atomic E-state index is 12.7. The number of alkyl halides is 3. The topological polar surface area (TPSA) is 46.6 Å². The number of hydrogen-bond donors (Lipinski definition) is 0. The number of imide groups is 1. The number of carbonyl (C=O) groups excluding carboxylic acids is 2. The van der Waals surface area contributed by atoms with Crippen LogP contribution in [0, 0.1) is 0 Å². The molecule has 1 aromatic rings. The normalized spacial score (nSPS) is 12.0. The van der Waals surface area contributed by atoms with E-state index in [2.05, 4.69) is 0 Å². The molecule has 0 heterocycles. The Morgan fingerprint density at radius 2 is 1.88 bits per heavy atom. The van der Waals surface area contributed by atoms with Crippen LogP contribution in [0.15, 0.2) is 18.2 Å². The Hall–Kier alpha value is -0.977. The van der Waals surface area contributed by atoms with Crippen LogP contribution in [0.1, 0.15) is 26.3 Å². The molecule has 0 spiro atoms. The summed E-state index contributed by atoms with van der Waals surface area (Å²) in [5.41, 5.74) is 0.0853. The van der Waals surface area contributed by atoms with Crippen LogP contribution in [-0.2, 0) is 23.1 Å². The predicted molar refractivity (Wildman–Crippen MR) is 83.3 cm³/mol. The van der Waals surface area contributed by atoms with Crippen LogP contribution in [0.2, 0.25) is 0 Å². The van der Waals surface area contributed by atoms with Crippen molar-refractivity contribution in [3.63, 3.8) is 0 Å². The average molecular weight is 473 g/mol. The van der Waals surface area contributed by atoms with Gasteiger partial charge in [-0.25, -0.2) is 0 Å². The van der Waals surface area contributed by atoms with Crippen molar-refractivity contribution in [3.05, 3.63) is 23.8 Å². The molecule has 1 rings (SSSR count). The zero-order valence-electron chi connectivity index (χ0n) is 12.8. The molecule has 4 nitrogen and oxygen atoms in total. The fourth-order valence-electron chi connectivity index (χ4n) is 1.77. The SMILES string of the molecule is CC(=O)N(C(=O)C(F)(F)F)c1ccc(OC(C)C)c([CH]=[Ru]([Cl])[Cl])c1. The van der Waals surface area contributed by atoms with Gasteiger partial charge in [0.15, 0.2) is 0 Å². The Labute approximate surface area is 150 Å². The van der Waals surface area contributed by atoms with Crippen molar-refractivity contribution in [2.75, 3.05) is 4.90 Å². The van der Waals surface area contributed by atoms with E-state index in [0.717, 1.165) is 6.92 Å². The Morgan fingerprint density at radius 3 is 2.29 bits per heavy atom. The van der Waals surface area contributed by atoms with Crippen LogP contribution >= 0.6 is 19.4 Å². The summed E-state index contributed by atoms with van der Waals surface area (Å²) in [6.07, 6.45) is -5.38. The molecule has 0 atom stereocenters. The second-order valence-corrected chi connectivity index (χ2v) is 10.6. The van der Waals surface area contributed by atoms with Gasteiger partial charge in [0.05, 0.1) is 0 Å². The van der Waals surface area contributed by atoms with Crippen LogP contribution in [-0.4, -0.2) is 28.7 Å². The van der Waals surface area contributed by atoms with Gasteiger partial charge in [-0.1, -0.05) is 0 Å². The third kappa shape index (κ3) is 5.83. The van der Waals surface area contributed by atoms with Gasteiger partial charge in [0.1, 0.15) is 0 Å². The number of hydrogen-bond acceptors (Lipinski definition) is 3. The van der Waals surface area contributed by atoms with Gasteiger partial charge < -0.3 is 0 Å². The quantitative estimate of drug-likeness (QED) is 0.622. The second kappa shape index (κ2) is 8.41. The number of halogens is 5. The van der Waals surface area contributed by atoms with Gasteiger partial charge in [-0.15, -0.1) is 0 Å². The molecule has 0 aliphatic carbocycles. The third-order valence-electron chi connectivity index (χ3n) is 2.56. The van der Waals surface area contributed by atoms with Gasteiger partial charge in [0.2, 0.25) is 0 Å². The predicted octanol–water partition coefficient (Wildman–Crippen LogP) is 3.99. The molecule has 0 saturated carbocycles. The maximum atomic E-state index is 12.7. The molecule has 0 fully saturated rings. The fourth-order valence-corrected chi connectivity index (χ4v) is 3.55. The van der Waals surface area contributed by atoms with Crippen LogP contribution in [0.4, 0.5) is 18.9 Å². The number of carbonyl (C=O) groups is 2. The Balaban J connectivity index is 3.44. The van der Waals surface area contributed by atoms with E-state index in [-0.39, 0.29) is 16.7 Å². The van der Waals surface area contributed by atoms with Crippen LogP contribution in [0.25, 0.3) is 0 Å². The first kappa shape index (κ1) is 21.1. The fraction of sp³-hybridized carbons (Fsp3) is 0.357. The second-order valence-electron chi connectivity index (χ2n) is 4.85. The average Bonchev–Trinajstić information content (AvgIpc) is 2.39. The van der Waals surface area contributed by atoms with Crippen molar-refractivity contribution in [1.29, 1.82) is 0 Å². The first-order valence-electron chi connectivity index (χ1n) is 6.49. The summed E-state index contributed by atoms with van der Waals surface area (Å²) in [4.78, 5) is 23.1. The number of amides is 2. The molecule has 2 amide bonds. The number of rotatable bonds is 4. The van der Waals surface area contributed by atoms with E-state index < -0.39 is 31.5 Å². The van der Waals surface area contributed by atoms with Gasteiger partial charge in [0.25, 0.3) is 0 Å². The monoisotopic (exact) mass is 473 g/mol. The summed E-state index contributed by atoms with van der Waals surface area (Å²) in [6, 6.07) is 3.78. The van der Waals surface area contributed by atoms with Crippen LogP contribution < -0.4 is 9.64 Å². The van der Waals surface area contributed by atoms with E-state index in [9.17, 15) is 22.8 Å². The molecule has 10 heteroatoms. The summed E-state index contributed by atoms with van der Waals surface area (Å²) >= 11 is -2.32. The molecular weight excluding hydrogens is 459 g/mol. The molecule has 0 bridgehead atoms. The standard InChI is InChI=1S/C14H14F3NO3.2ClH.Ru/c1-8(2)21-12-6-5-11(7-9(12)3)18(10(4)19)13(20)14(15,16)17;;;/h3,5-8H,1-2,4H3;2*1H;/q;;;+2/p-2. The summed E-state index contributed by atoms with van der Waals surface area (Å²) in [6.45, 7) is 4.40. The Morgan fingerprint density at radius 1 is 1.29 bits per heavy atom. The molecular formula is C14H14Cl2F3NO3Ru. The minimum absolute atomic E-state index is 0.0516. The van der Waals surface area contributed by atoms with Gasteiger partial charge in [-0.3, -0.25) is 0 Å². The van der Waals surface area contributed by atoms with Gasteiger partial charge in [-0.05, 0) is 0 Å². The molecule has 0 aliphatic rings. The van der Waals surface area contributed by atoms with E-state index in [4.69, 9.17) is 24.1 Å². The molecule has 0 saturated heterocycles. The molecule has 24 heavy (non-hydrogen) atoms. The minimum atomic E-state index is -5.18. The third-order valence-corrected chi connectivity index (χ3v) is 4.39. The Kier molecular flexibility index (Phi) is 7.38. The molecule has 1 aromatic carbocycles. The van der Waals surface area contributed by atoms with Gasteiger partial charge in [-0.2, -0.15) is 0 Å². The Bertz CT molecular complexity index is 674. The van der Waals surface area contributed by atoms with E-state index in [1.165, 1.54) is 22.8 Å². The summed E-state index contributed by atoms with van der Waals surface area (Å²) in [5, 5.41) is 0. The van der Waals surface area contributed by atoms with E-state index in [1.807, 2.05) is 0 Å².